The summed E-state index contributed by atoms with van der Waals surface area (Å²) in [5.74, 6) is 0. The summed E-state index contributed by atoms with van der Waals surface area (Å²) in [6, 6.07) is 6.68. The normalized spacial score (nSPS) is 26.8. The molecule has 8 heteroatoms. The average Bonchev–Trinajstić information content (AvgIpc) is 2.75. The zero-order valence-electron chi connectivity index (χ0n) is 15.4. The Morgan fingerprint density at radius 1 is 1.12 bits per heavy atom. The van der Waals surface area contributed by atoms with Gasteiger partial charge in [0.15, 0.2) is 0 Å². The summed E-state index contributed by atoms with van der Waals surface area (Å²) in [6.45, 7) is 8.87. The van der Waals surface area contributed by atoms with Crippen LogP contribution in [-0.2, 0) is 19.3 Å². The van der Waals surface area contributed by atoms with Crippen LogP contribution in [0, 0.1) is 0 Å². The minimum absolute atomic E-state index is 0.0902. The maximum Gasteiger partial charge on any atom is 0.494 e. The van der Waals surface area contributed by atoms with Gasteiger partial charge in [-0.15, -0.1) is 0 Å². The fourth-order valence-corrected chi connectivity index (χ4v) is 4.65. The maximum atomic E-state index is 12.8. The second-order valence-corrected chi connectivity index (χ2v) is 9.86. The molecule has 0 saturated carbocycles. The molecule has 0 radical (unpaired) electrons. The van der Waals surface area contributed by atoms with Crippen LogP contribution < -0.4 is 11.2 Å². The Bertz CT molecular complexity index is 718. The average molecular weight is 366 g/mol. The van der Waals surface area contributed by atoms with Crippen LogP contribution in [0.2, 0.25) is 0 Å². The Hall–Kier alpha value is -0.925. The van der Waals surface area contributed by atoms with Gasteiger partial charge in [-0.25, -0.2) is 8.42 Å². The Morgan fingerprint density at radius 3 is 2.20 bits per heavy atom. The van der Waals surface area contributed by atoms with E-state index >= 15 is 0 Å². The number of piperidine rings is 1. The molecule has 138 valence electrons. The molecule has 0 bridgehead atoms. The number of nitrogens with zero attached hydrogens (tertiary/aromatic N) is 1. The van der Waals surface area contributed by atoms with E-state index in [0.29, 0.717) is 13.1 Å². The summed E-state index contributed by atoms with van der Waals surface area (Å²) in [5, 5.41) is 0. The van der Waals surface area contributed by atoms with Crippen molar-refractivity contribution in [1.82, 2.24) is 4.31 Å². The Morgan fingerprint density at radius 2 is 1.68 bits per heavy atom. The van der Waals surface area contributed by atoms with Crippen LogP contribution in [0.3, 0.4) is 0 Å². The molecular formula is C17H27BN2O4S. The molecule has 2 heterocycles. The van der Waals surface area contributed by atoms with Crippen LogP contribution >= 0.6 is 0 Å². The molecule has 1 unspecified atom stereocenters. The Labute approximate surface area is 150 Å². The third-order valence-corrected chi connectivity index (χ3v) is 7.34. The van der Waals surface area contributed by atoms with E-state index in [1.54, 1.807) is 24.3 Å². The van der Waals surface area contributed by atoms with Crippen molar-refractivity contribution in [3.8, 4) is 0 Å². The van der Waals surface area contributed by atoms with Gasteiger partial charge in [-0.3, -0.25) is 0 Å². The number of hydrogen-bond acceptors (Lipinski definition) is 5. The number of hydrogen-bond donors (Lipinski definition) is 1. The lowest BCUT2D eigenvalue weighted by Gasteiger charge is -2.32. The van der Waals surface area contributed by atoms with Gasteiger partial charge >= 0.3 is 7.12 Å². The fraction of sp³-hybridized carbons (Fsp3) is 0.647. The third kappa shape index (κ3) is 3.50. The van der Waals surface area contributed by atoms with Gasteiger partial charge < -0.3 is 15.0 Å². The van der Waals surface area contributed by atoms with E-state index in [1.807, 2.05) is 27.7 Å². The van der Waals surface area contributed by atoms with Gasteiger partial charge in [0.25, 0.3) is 0 Å². The first kappa shape index (κ1) is 18.9. The summed E-state index contributed by atoms with van der Waals surface area (Å²) < 4.78 is 39.1. The van der Waals surface area contributed by atoms with Crippen LogP contribution in [0.15, 0.2) is 29.2 Å². The SMILES string of the molecule is CC1(C)OB(c2ccc(S(=O)(=O)N3CCCC(N)C3)cc2)OC1(C)C. The molecule has 0 aliphatic carbocycles. The summed E-state index contributed by atoms with van der Waals surface area (Å²) in [7, 11) is -4.00. The molecule has 2 fully saturated rings. The first-order valence-corrected chi connectivity index (χ1v) is 10.2. The molecule has 2 aliphatic rings. The predicted octanol–water partition coefficient (Wildman–Crippen LogP) is 1.10. The molecule has 1 atom stereocenters. The van der Waals surface area contributed by atoms with Crippen molar-refractivity contribution in [2.45, 2.75) is 62.7 Å². The zero-order valence-corrected chi connectivity index (χ0v) is 16.2. The highest BCUT2D eigenvalue weighted by molar-refractivity contribution is 7.89. The first-order valence-electron chi connectivity index (χ1n) is 8.74. The monoisotopic (exact) mass is 366 g/mol. The minimum atomic E-state index is -3.51. The van der Waals surface area contributed by atoms with E-state index in [1.165, 1.54) is 4.31 Å². The second-order valence-electron chi connectivity index (χ2n) is 7.92. The van der Waals surface area contributed by atoms with Gasteiger partial charge in [0.1, 0.15) is 0 Å². The molecule has 25 heavy (non-hydrogen) atoms. The highest BCUT2D eigenvalue weighted by atomic mass is 32.2. The molecular weight excluding hydrogens is 339 g/mol. The molecule has 2 aliphatic heterocycles. The van der Waals surface area contributed by atoms with Crippen LogP contribution in [0.25, 0.3) is 0 Å². The van der Waals surface area contributed by atoms with Crippen molar-refractivity contribution in [2.24, 2.45) is 5.73 Å². The van der Waals surface area contributed by atoms with Gasteiger partial charge in [0.2, 0.25) is 10.0 Å². The van der Waals surface area contributed by atoms with Crippen molar-refractivity contribution in [1.29, 1.82) is 0 Å². The van der Waals surface area contributed by atoms with Gasteiger partial charge in [0, 0.05) is 19.1 Å². The number of rotatable bonds is 3. The van der Waals surface area contributed by atoms with Crippen molar-refractivity contribution >= 4 is 22.6 Å². The molecule has 0 aromatic heterocycles. The summed E-state index contributed by atoms with van der Waals surface area (Å²) >= 11 is 0. The van der Waals surface area contributed by atoms with E-state index in [-0.39, 0.29) is 10.9 Å². The molecule has 2 N–H and O–H groups in total. The van der Waals surface area contributed by atoms with E-state index < -0.39 is 28.3 Å². The second kappa shape index (κ2) is 6.35. The van der Waals surface area contributed by atoms with E-state index in [9.17, 15) is 8.42 Å². The van der Waals surface area contributed by atoms with Gasteiger partial charge in [-0.05, 0) is 58.1 Å². The third-order valence-electron chi connectivity index (χ3n) is 5.46. The number of sulfonamides is 1. The van der Waals surface area contributed by atoms with Gasteiger partial charge in [0.05, 0.1) is 16.1 Å². The van der Waals surface area contributed by atoms with E-state index in [2.05, 4.69) is 0 Å². The summed E-state index contributed by atoms with van der Waals surface area (Å²) in [4.78, 5) is 0.280. The lowest BCUT2D eigenvalue weighted by molar-refractivity contribution is 0.00578. The van der Waals surface area contributed by atoms with Crippen LogP contribution in [0.1, 0.15) is 40.5 Å². The fourth-order valence-electron chi connectivity index (χ4n) is 3.12. The standard InChI is InChI=1S/C17H27BN2O4S/c1-16(2)17(3,4)24-18(23-16)13-7-9-15(10-8-13)25(21,22)20-11-5-6-14(19)12-20/h7-10,14H,5-6,11-12,19H2,1-4H3. The lowest BCUT2D eigenvalue weighted by Crippen LogP contribution is -2.45. The number of nitrogens with two attached hydrogens (primary N) is 1. The number of benzene rings is 1. The predicted molar refractivity (Wildman–Crippen MR) is 98.1 cm³/mol. The van der Waals surface area contributed by atoms with Gasteiger partial charge in [-0.2, -0.15) is 4.31 Å². The first-order chi connectivity index (χ1) is 11.5. The maximum absolute atomic E-state index is 12.8. The van der Waals surface area contributed by atoms with Gasteiger partial charge in [-0.1, -0.05) is 12.1 Å². The topological polar surface area (TPSA) is 81.9 Å². The van der Waals surface area contributed by atoms with Crippen molar-refractivity contribution in [3.05, 3.63) is 24.3 Å². The smallest absolute Gasteiger partial charge is 0.399 e. The summed E-state index contributed by atoms with van der Waals surface area (Å²) in [5.41, 5.74) is 5.88. The minimum Gasteiger partial charge on any atom is -0.399 e. The molecule has 2 saturated heterocycles. The van der Waals surface area contributed by atoms with E-state index in [4.69, 9.17) is 15.0 Å². The van der Waals surface area contributed by atoms with E-state index in [0.717, 1.165) is 18.3 Å². The molecule has 3 rings (SSSR count). The Kier molecular flexibility index (Phi) is 4.79. The Balaban J connectivity index is 1.79. The molecule has 0 spiro atoms. The molecule has 1 aromatic rings. The van der Waals surface area contributed by atoms with Crippen LogP contribution in [0.5, 0.6) is 0 Å². The molecule has 6 nitrogen and oxygen atoms in total. The van der Waals surface area contributed by atoms with Crippen LogP contribution in [-0.4, -0.2) is 50.2 Å². The van der Waals surface area contributed by atoms with Crippen molar-refractivity contribution < 1.29 is 17.7 Å². The molecule has 1 aromatic carbocycles. The molecule has 0 amide bonds. The van der Waals surface area contributed by atoms with Crippen molar-refractivity contribution in [2.75, 3.05) is 13.1 Å². The highest BCUT2D eigenvalue weighted by Gasteiger charge is 2.51. The largest absolute Gasteiger partial charge is 0.494 e. The zero-order chi connectivity index (χ0) is 18.5. The summed E-state index contributed by atoms with van der Waals surface area (Å²) in [6.07, 6.45) is 1.67. The quantitative estimate of drug-likeness (QED) is 0.810. The lowest BCUT2D eigenvalue weighted by atomic mass is 9.79. The van der Waals surface area contributed by atoms with Crippen molar-refractivity contribution in [3.63, 3.8) is 0 Å². The van der Waals surface area contributed by atoms with Crippen LogP contribution in [0.4, 0.5) is 0 Å². The highest BCUT2D eigenvalue weighted by Crippen LogP contribution is 2.36.